The maximum Gasteiger partial charge on any atom is 0.254 e. The minimum atomic E-state index is -0.218. The highest BCUT2D eigenvalue weighted by atomic mass is 32.2. The lowest BCUT2D eigenvalue weighted by atomic mass is 10.1. The SMILES string of the molecule is CC1CN(C(=O)c2ccc(CNC(=O)c3ccc4c(c3)NC(=O)CS4)cc2)CC(C)O1. The van der Waals surface area contributed by atoms with E-state index < -0.39 is 0 Å². The molecule has 0 radical (unpaired) electrons. The fourth-order valence-electron chi connectivity index (χ4n) is 3.80. The van der Waals surface area contributed by atoms with E-state index in [9.17, 15) is 14.4 Å². The number of ether oxygens (including phenoxy) is 1. The number of fused-ring (bicyclic) bond motifs is 1. The second-order valence-corrected chi connectivity index (χ2v) is 8.91. The first-order valence-electron chi connectivity index (χ1n) is 10.3. The highest BCUT2D eigenvalue weighted by molar-refractivity contribution is 8.00. The van der Waals surface area contributed by atoms with Crippen molar-refractivity contribution >= 4 is 35.2 Å². The number of amides is 3. The monoisotopic (exact) mass is 439 g/mol. The Morgan fingerprint density at radius 1 is 1.10 bits per heavy atom. The van der Waals surface area contributed by atoms with Gasteiger partial charge in [0.15, 0.2) is 0 Å². The molecule has 2 aromatic carbocycles. The van der Waals surface area contributed by atoms with Gasteiger partial charge < -0.3 is 20.3 Å². The zero-order valence-corrected chi connectivity index (χ0v) is 18.3. The number of nitrogens with one attached hydrogen (secondary N) is 2. The normalized spacial score (nSPS) is 20.6. The van der Waals surface area contributed by atoms with Crippen LogP contribution in [0, 0.1) is 0 Å². The van der Waals surface area contributed by atoms with Gasteiger partial charge in [-0.25, -0.2) is 0 Å². The fraction of sp³-hybridized carbons (Fsp3) is 0.348. The molecule has 2 aliphatic heterocycles. The first kappa shape index (κ1) is 21.4. The van der Waals surface area contributed by atoms with Crippen LogP contribution in [0.1, 0.15) is 40.1 Å². The lowest BCUT2D eigenvalue weighted by Crippen LogP contribution is -2.48. The Balaban J connectivity index is 1.35. The van der Waals surface area contributed by atoms with Gasteiger partial charge in [-0.15, -0.1) is 11.8 Å². The van der Waals surface area contributed by atoms with Crippen molar-refractivity contribution in [2.75, 3.05) is 24.2 Å². The van der Waals surface area contributed by atoms with Crippen molar-refractivity contribution in [3.8, 4) is 0 Å². The van der Waals surface area contributed by atoms with E-state index in [0.29, 0.717) is 42.2 Å². The Morgan fingerprint density at radius 2 is 1.77 bits per heavy atom. The number of carbonyl (C=O) groups is 3. The smallest absolute Gasteiger partial charge is 0.254 e. The summed E-state index contributed by atoms with van der Waals surface area (Å²) in [5.74, 6) is 0.0991. The first-order chi connectivity index (χ1) is 14.9. The number of rotatable bonds is 4. The van der Waals surface area contributed by atoms with E-state index in [1.807, 2.05) is 36.9 Å². The molecule has 0 aromatic heterocycles. The van der Waals surface area contributed by atoms with Gasteiger partial charge in [0.25, 0.3) is 11.8 Å². The molecule has 2 aliphatic rings. The predicted octanol–water partition coefficient (Wildman–Crippen LogP) is 2.91. The van der Waals surface area contributed by atoms with Crippen LogP contribution in [0.15, 0.2) is 47.4 Å². The van der Waals surface area contributed by atoms with Crippen molar-refractivity contribution in [2.45, 2.75) is 37.5 Å². The Kier molecular flexibility index (Phi) is 6.29. The number of benzene rings is 2. The first-order valence-corrected chi connectivity index (χ1v) is 11.3. The van der Waals surface area contributed by atoms with Crippen LogP contribution < -0.4 is 10.6 Å². The second kappa shape index (κ2) is 9.11. The third kappa shape index (κ3) is 5.08. The van der Waals surface area contributed by atoms with Gasteiger partial charge in [-0.05, 0) is 49.7 Å². The molecule has 2 atom stereocenters. The van der Waals surface area contributed by atoms with Gasteiger partial charge in [0.05, 0.1) is 23.6 Å². The molecule has 31 heavy (non-hydrogen) atoms. The van der Waals surface area contributed by atoms with Gasteiger partial charge in [0, 0.05) is 35.7 Å². The number of thioether (sulfide) groups is 1. The van der Waals surface area contributed by atoms with Crippen LogP contribution in [0.25, 0.3) is 0 Å². The molecule has 4 rings (SSSR count). The summed E-state index contributed by atoms with van der Waals surface area (Å²) < 4.78 is 5.69. The zero-order chi connectivity index (χ0) is 22.0. The molecule has 3 amide bonds. The molecule has 162 valence electrons. The molecule has 8 heteroatoms. The van der Waals surface area contributed by atoms with Crippen LogP contribution >= 0.6 is 11.8 Å². The van der Waals surface area contributed by atoms with E-state index in [0.717, 1.165) is 10.5 Å². The van der Waals surface area contributed by atoms with Crippen molar-refractivity contribution in [1.29, 1.82) is 0 Å². The lowest BCUT2D eigenvalue weighted by molar-refractivity contribution is -0.113. The zero-order valence-electron chi connectivity index (χ0n) is 17.5. The Bertz CT molecular complexity index is 998. The lowest BCUT2D eigenvalue weighted by Gasteiger charge is -2.35. The summed E-state index contributed by atoms with van der Waals surface area (Å²) in [6.45, 7) is 5.45. The average Bonchev–Trinajstić information content (AvgIpc) is 2.76. The molecule has 0 aliphatic carbocycles. The Hall–Kier alpha value is -2.84. The van der Waals surface area contributed by atoms with Gasteiger partial charge in [-0.1, -0.05) is 12.1 Å². The van der Waals surface area contributed by atoms with Crippen molar-refractivity contribution in [2.24, 2.45) is 0 Å². The van der Waals surface area contributed by atoms with Crippen LogP contribution in [0.2, 0.25) is 0 Å². The molecule has 2 unspecified atom stereocenters. The van der Waals surface area contributed by atoms with E-state index in [4.69, 9.17) is 4.74 Å². The molecule has 2 heterocycles. The third-order valence-electron chi connectivity index (χ3n) is 5.24. The topological polar surface area (TPSA) is 87.7 Å². The largest absolute Gasteiger partial charge is 0.372 e. The van der Waals surface area contributed by atoms with E-state index >= 15 is 0 Å². The number of nitrogens with zero attached hydrogens (tertiary/aromatic N) is 1. The van der Waals surface area contributed by atoms with E-state index in [1.54, 1.807) is 24.3 Å². The van der Waals surface area contributed by atoms with Crippen LogP contribution in [0.4, 0.5) is 5.69 Å². The third-order valence-corrected chi connectivity index (χ3v) is 6.31. The molecule has 1 saturated heterocycles. The van der Waals surface area contributed by atoms with E-state index in [2.05, 4.69) is 10.6 Å². The molecule has 7 nitrogen and oxygen atoms in total. The summed E-state index contributed by atoms with van der Waals surface area (Å²) in [7, 11) is 0. The van der Waals surface area contributed by atoms with Crippen molar-refractivity contribution in [1.82, 2.24) is 10.2 Å². The summed E-state index contributed by atoms with van der Waals surface area (Å²) in [6.07, 6.45) is 0.0513. The molecule has 1 fully saturated rings. The minimum absolute atomic E-state index is 0.00781. The van der Waals surface area contributed by atoms with E-state index in [-0.39, 0.29) is 29.9 Å². The van der Waals surface area contributed by atoms with Gasteiger partial charge in [0.2, 0.25) is 5.91 Å². The molecule has 0 bridgehead atoms. The average molecular weight is 440 g/mol. The van der Waals surface area contributed by atoms with Crippen molar-refractivity contribution in [3.05, 3.63) is 59.2 Å². The molecule has 0 saturated carbocycles. The summed E-state index contributed by atoms with van der Waals surface area (Å²) in [4.78, 5) is 39.6. The highest BCUT2D eigenvalue weighted by Gasteiger charge is 2.26. The molecule has 0 spiro atoms. The number of carbonyl (C=O) groups excluding carboxylic acids is 3. The van der Waals surface area contributed by atoms with Crippen LogP contribution in [-0.2, 0) is 16.1 Å². The van der Waals surface area contributed by atoms with Gasteiger partial charge >= 0.3 is 0 Å². The second-order valence-electron chi connectivity index (χ2n) is 7.89. The number of morpholine rings is 1. The summed E-state index contributed by atoms with van der Waals surface area (Å²) in [5.41, 5.74) is 2.68. The van der Waals surface area contributed by atoms with Gasteiger partial charge in [-0.3, -0.25) is 14.4 Å². The maximum atomic E-state index is 12.8. The highest BCUT2D eigenvalue weighted by Crippen LogP contribution is 2.31. The fourth-order valence-corrected chi connectivity index (χ4v) is 4.59. The quantitative estimate of drug-likeness (QED) is 0.765. The number of hydrogen-bond acceptors (Lipinski definition) is 5. The summed E-state index contributed by atoms with van der Waals surface area (Å²) in [6, 6.07) is 12.6. The van der Waals surface area contributed by atoms with Crippen molar-refractivity contribution in [3.63, 3.8) is 0 Å². The molecule has 2 aromatic rings. The number of hydrogen-bond donors (Lipinski definition) is 2. The molecule has 2 N–H and O–H groups in total. The Morgan fingerprint density at radius 3 is 2.48 bits per heavy atom. The molecular formula is C23H25N3O4S. The predicted molar refractivity (Wildman–Crippen MR) is 119 cm³/mol. The van der Waals surface area contributed by atoms with Crippen LogP contribution in [0.5, 0.6) is 0 Å². The van der Waals surface area contributed by atoms with Crippen molar-refractivity contribution < 1.29 is 19.1 Å². The minimum Gasteiger partial charge on any atom is -0.372 e. The van der Waals surface area contributed by atoms with E-state index in [1.165, 1.54) is 11.8 Å². The summed E-state index contributed by atoms with van der Waals surface area (Å²) in [5, 5.41) is 5.68. The van der Waals surface area contributed by atoms with Crippen LogP contribution in [0.3, 0.4) is 0 Å². The number of anilines is 1. The summed E-state index contributed by atoms with van der Waals surface area (Å²) >= 11 is 1.46. The molecular weight excluding hydrogens is 414 g/mol. The van der Waals surface area contributed by atoms with Gasteiger partial charge in [0.1, 0.15) is 0 Å². The maximum absolute atomic E-state index is 12.8. The standard InChI is InChI=1S/C23H25N3O4S/c1-14-11-26(12-15(2)30-14)23(29)17-5-3-16(4-6-17)10-24-22(28)18-7-8-20-19(9-18)25-21(27)13-31-20/h3-9,14-15H,10-13H2,1-2H3,(H,24,28)(H,25,27). The Labute approximate surface area is 185 Å². The van der Waals surface area contributed by atoms with Gasteiger partial charge in [-0.2, -0.15) is 0 Å². The van der Waals surface area contributed by atoms with Crippen LogP contribution in [-0.4, -0.2) is 53.7 Å².